The first-order valence-electron chi connectivity index (χ1n) is 2.70. The lowest BCUT2D eigenvalue weighted by Gasteiger charge is -2.07. The van der Waals surface area contributed by atoms with Gasteiger partial charge in [-0.05, 0) is 12.2 Å². The monoisotopic (exact) mass is 195 g/mol. The molecule has 1 atom stereocenters. The van der Waals surface area contributed by atoms with Crippen molar-refractivity contribution in [2.75, 3.05) is 5.75 Å². The van der Waals surface area contributed by atoms with Gasteiger partial charge in [0, 0.05) is 5.75 Å². The molecule has 5 nitrogen and oxygen atoms in total. The molecule has 0 aliphatic rings. The molecule has 0 aliphatic heterocycles. The Kier molecular flexibility index (Phi) is 4.92. The molecule has 0 saturated carbocycles. The van der Waals surface area contributed by atoms with Crippen molar-refractivity contribution >= 4 is 35.9 Å². The van der Waals surface area contributed by atoms with Crippen LogP contribution < -0.4 is 16.9 Å². The fourth-order valence-electron chi connectivity index (χ4n) is 0.251. The maximum absolute atomic E-state index is 10.7. The normalized spacial score (nSPS) is 11.8. The Labute approximate surface area is 74.8 Å². The van der Waals surface area contributed by atoms with E-state index >= 15 is 0 Å². The van der Waals surface area contributed by atoms with Crippen molar-refractivity contribution < 1.29 is 9.63 Å². The first-order chi connectivity index (χ1) is 5.07. The molecule has 0 radical (unpaired) electrons. The highest BCUT2D eigenvalue weighted by Crippen LogP contribution is 1.85. The van der Waals surface area contributed by atoms with E-state index in [4.69, 9.17) is 11.5 Å². The second-order valence-corrected chi connectivity index (χ2v) is 2.48. The van der Waals surface area contributed by atoms with Gasteiger partial charge in [-0.3, -0.25) is 0 Å². The Morgan fingerprint density at radius 3 is 2.73 bits per heavy atom. The van der Waals surface area contributed by atoms with Gasteiger partial charge in [0.05, 0.1) is 0 Å². The molecule has 64 valence electrons. The number of rotatable bonds is 2. The Balaban J connectivity index is 3.60. The third-order valence-electron chi connectivity index (χ3n) is 0.752. The van der Waals surface area contributed by atoms with Crippen molar-refractivity contribution in [2.24, 2.45) is 11.5 Å². The van der Waals surface area contributed by atoms with Gasteiger partial charge < -0.3 is 16.3 Å². The number of carbonyl (C=O) groups is 1. The highest BCUT2D eigenvalue weighted by Gasteiger charge is 2.12. The summed E-state index contributed by atoms with van der Waals surface area (Å²) in [5.41, 5.74) is 12.2. The molecule has 0 amide bonds. The fourth-order valence-corrected chi connectivity index (χ4v) is 0.442. The van der Waals surface area contributed by atoms with Gasteiger partial charge in [-0.2, -0.15) is 18.1 Å². The molecule has 0 spiro atoms. The molecule has 0 saturated heterocycles. The summed E-state index contributed by atoms with van der Waals surface area (Å²) in [6, 6.07) is -0.764. The highest BCUT2D eigenvalue weighted by molar-refractivity contribution is 7.80. The first-order valence-corrected chi connectivity index (χ1v) is 3.74. The molecular weight excluding hydrogens is 186 g/mol. The summed E-state index contributed by atoms with van der Waals surface area (Å²) >= 11 is 8.15. The van der Waals surface area contributed by atoms with Crippen LogP contribution in [0.4, 0.5) is 0 Å². The highest BCUT2D eigenvalue weighted by atomic mass is 32.1. The fraction of sp³-hybridized carbons (Fsp3) is 0.500. The molecule has 0 bridgehead atoms. The second-order valence-electron chi connectivity index (χ2n) is 1.68. The zero-order chi connectivity index (χ0) is 8.85. The van der Waals surface area contributed by atoms with Crippen molar-refractivity contribution in [1.82, 2.24) is 5.48 Å². The van der Waals surface area contributed by atoms with Crippen molar-refractivity contribution in [3.8, 4) is 0 Å². The average Bonchev–Trinajstić information content (AvgIpc) is 1.98. The minimum atomic E-state index is -0.764. The van der Waals surface area contributed by atoms with Gasteiger partial charge in [-0.15, -0.1) is 0 Å². The van der Waals surface area contributed by atoms with Gasteiger partial charge >= 0.3 is 5.97 Å². The topological polar surface area (TPSA) is 90.4 Å². The SMILES string of the molecule is NC(=S)NOC(=O)[C@@H](N)CS. The van der Waals surface area contributed by atoms with Crippen molar-refractivity contribution in [2.45, 2.75) is 6.04 Å². The van der Waals surface area contributed by atoms with E-state index in [1.807, 2.05) is 5.48 Å². The Morgan fingerprint density at radius 1 is 1.82 bits per heavy atom. The lowest BCUT2D eigenvalue weighted by molar-refractivity contribution is -0.148. The van der Waals surface area contributed by atoms with Gasteiger partial charge in [-0.1, -0.05) is 0 Å². The zero-order valence-corrected chi connectivity index (χ0v) is 7.32. The Hall–Kier alpha value is -0.530. The van der Waals surface area contributed by atoms with E-state index in [-0.39, 0.29) is 10.9 Å². The zero-order valence-electron chi connectivity index (χ0n) is 5.61. The number of nitrogens with one attached hydrogen (secondary N) is 1. The number of hydroxylamine groups is 1. The summed E-state index contributed by atoms with van der Waals surface area (Å²) in [5.74, 6) is -0.439. The number of carbonyl (C=O) groups excluding carboxylic acids is 1. The maximum Gasteiger partial charge on any atom is 0.349 e. The summed E-state index contributed by atoms with van der Waals surface area (Å²) in [6.45, 7) is 0. The predicted octanol–water partition coefficient (Wildman–Crippen LogP) is -1.47. The molecule has 0 rings (SSSR count). The molecule has 0 fully saturated rings. The van der Waals surface area contributed by atoms with Crippen molar-refractivity contribution in [3.05, 3.63) is 0 Å². The van der Waals surface area contributed by atoms with E-state index in [0.29, 0.717) is 0 Å². The lowest BCUT2D eigenvalue weighted by atomic mass is 10.4. The van der Waals surface area contributed by atoms with E-state index in [9.17, 15) is 4.79 Å². The molecule has 0 aromatic rings. The molecule has 0 aliphatic carbocycles. The van der Waals surface area contributed by atoms with Crippen LogP contribution in [0.15, 0.2) is 0 Å². The molecule has 7 heteroatoms. The summed E-state index contributed by atoms with van der Waals surface area (Å²) in [6.07, 6.45) is 0. The molecule has 0 unspecified atom stereocenters. The quantitative estimate of drug-likeness (QED) is 0.244. The van der Waals surface area contributed by atoms with Gasteiger partial charge in [-0.25, -0.2) is 4.79 Å². The number of thiocarbonyl (C=S) groups is 1. The van der Waals surface area contributed by atoms with E-state index in [1.165, 1.54) is 0 Å². The minimum Gasteiger partial charge on any atom is -0.374 e. The lowest BCUT2D eigenvalue weighted by Crippen LogP contribution is -2.40. The number of nitrogens with two attached hydrogens (primary N) is 2. The number of hydrogen-bond acceptors (Lipinski definition) is 5. The van der Waals surface area contributed by atoms with E-state index in [2.05, 4.69) is 29.7 Å². The standard InChI is InChI=1S/C4H9N3O2S2/c5-2(1-10)3(8)9-7-4(6)11/h2,10H,1,5H2,(H3,6,7,11)/t2-/m0/s1. The Bertz CT molecular complexity index is 163. The van der Waals surface area contributed by atoms with Crippen LogP contribution in [-0.2, 0) is 9.63 Å². The van der Waals surface area contributed by atoms with E-state index < -0.39 is 12.0 Å². The van der Waals surface area contributed by atoms with Crippen LogP contribution in [-0.4, -0.2) is 22.9 Å². The molecule has 0 heterocycles. The predicted molar refractivity (Wildman–Crippen MR) is 47.8 cm³/mol. The van der Waals surface area contributed by atoms with Crippen LogP contribution in [0.2, 0.25) is 0 Å². The second kappa shape index (κ2) is 5.16. The molecular formula is C4H9N3O2S2. The molecule has 11 heavy (non-hydrogen) atoms. The van der Waals surface area contributed by atoms with E-state index in [1.54, 1.807) is 0 Å². The number of hydrogen-bond donors (Lipinski definition) is 4. The summed E-state index contributed by atoms with van der Waals surface area (Å²) < 4.78 is 0. The first kappa shape index (κ1) is 10.5. The molecule has 5 N–H and O–H groups in total. The summed E-state index contributed by atoms with van der Waals surface area (Å²) in [7, 11) is 0. The number of thiol groups is 1. The van der Waals surface area contributed by atoms with Crippen LogP contribution in [0.3, 0.4) is 0 Å². The minimum absolute atomic E-state index is 0.121. The van der Waals surface area contributed by atoms with Crippen LogP contribution in [0.25, 0.3) is 0 Å². The van der Waals surface area contributed by atoms with Crippen molar-refractivity contribution in [1.29, 1.82) is 0 Å². The van der Waals surface area contributed by atoms with Crippen LogP contribution in [0.1, 0.15) is 0 Å². The third-order valence-corrected chi connectivity index (χ3v) is 1.23. The smallest absolute Gasteiger partial charge is 0.349 e. The summed E-state index contributed by atoms with van der Waals surface area (Å²) in [5, 5.41) is -0.121. The van der Waals surface area contributed by atoms with Gasteiger partial charge in [0.1, 0.15) is 6.04 Å². The third kappa shape index (κ3) is 4.82. The van der Waals surface area contributed by atoms with Gasteiger partial charge in [0.25, 0.3) is 0 Å². The van der Waals surface area contributed by atoms with Gasteiger partial charge in [0.2, 0.25) is 0 Å². The van der Waals surface area contributed by atoms with Crippen LogP contribution in [0, 0.1) is 0 Å². The van der Waals surface area contributed by atoms with Crippen molar-refractivity contribution in [3.63, 3.8) is 0 Å². The van der Waals surface area contributed by atoms with Crippen LogP contribution in [0.5, 0.6) is 0 Å². The molecule has 0 aromatic carbocycles. The van der Waals surface area contributed by atoms with Gasteiger partial charge in [0.15, 0.2) is 5.11 Å². The average molecular weight is 195 g/mol. The maximum atomic E-state index is 10.7. The largest absolute Gasteiger partial charge is 0.374 e. The summed E-state index contributed by atoms with van der Waals surface area (Å²) in [4.78, 5) is 15.0. The Morgan fingerprint density at radius 2 is 2.36 bits per heavy atom. The molecule has 0 aromatic heterocycles. The van der Waals surface area contributed by atoms with E-state index in [0.717, 1.165) is 0 Å². The van der Waals surface area contributed by atoms with Crippen LogP contribution >= 0.6 is 24.8 Å².